The molecule has 2 aromatic heterocycles. The van der Waals surface area contributed by atoms with Gasteiger partial charge < -0.3 is 9.88 Å². The predicted octanol–water partition coefficient (Wildman–Crippen LogP) is 2.48. The van der Waals surface area contributed by atoms with E-state index in [-0.39, 0.29) is 23.8 Å². The van der Waals surface area contributed by atoms with E-state index in [1.807, 2.05) is 6.07 Å². The van der Waals surface area contributed by atoms with Crippen molar-refractivity contribution >= 4 is 5.91 Å². The smallest absolute Gasteiger partial charge is 0.254 e. The van der Waals surface area contributed by atoms with Gasteiger partial charge in [0, 0.05) is 35.6 Å². The van der Waals surface area contributed by atoms with Gasteiger partial charge in [0.2, 0.25) is 0 Å². The van der Waals surface area contributed by atoms with Crippen LogP contribution >= 0.6 is 0 Å². The molecule has 1 amide bonds. The molecule has 0 unspecified atom stereocenters. The van der Waals surface area contributed by atoms with Crippen LogP contribution in [0.4, 0.5) is 4.39 Å². The van der Waals surface area contributed by atoms with E-state index in [0.29, 0.717) is 46.7 Å². The molecular formula is C20H17FN4O2. The van der Waals surface area contributed by atoms with Crippen LogP contribution in [0.1, 0.15) is 27.2 Å². The van der Waals surface area contributed by atoms with E-state index < -0.39 is 0 Å². The zero-order valence-electron chi connectivity index (χ0n) is 14.7. The minimum absolute atomic E-state index is 0.191. The lowest BCUT2D eigenvalue weighted by molar-refractivity contribution is 0.0730. The Hall–Kier alpha value is -3.35. The predicted molar refractivity (Wildman–Crippen MR) is 97.7 cm³/mol. The minimum atomic E-state index is -0.373. The number of carbonyl (C=O) groups is 1. The van der Waals surface area contributed by atoms with Crippen molar-refractivity contribution in [2.45, 2.75) is 19.9 Å². The van der Waals surface area contributed by atoms with Crippen molar-refractivity contribution in [3.05, 3.63) is 81.3 Å². The summed E-state index contributed by atoms with van der Waals surface area (Å²) in [6, 6.07) is 7.69. The second-order valence-electron chi connectivity index (χ2n) is 6.52. The summed E-state index contributed by atoms with van der Waals surface area (Å²) in [5, 5.41) is 0. The van der Waals surface area contributed by atoms with Gasteiger partial charge in [0.1, 0.15) is 11.6 Å². The molecule has 27 heavy (non-hydrogen) atoms. The molecule has 6 nitrogen and oxygen atoms in total. The first-order valence-electron chi connectivity index (χ1n) is 8.61. The van der Waals surface area contributed by atoms with Crippen LogP contribution in [-0.4, -0.2) is 32.3 Å². The number of fused-ring (bicyclic) bond motifs is 1. The average Bonchev–Trinajstić information content (AvgIpc) is 2.67. The molecule has 0 atom stereocenters. The molecule has 1 aromatic carbocycles. The van der Waals surface area contributed by atoms with Crippen molar-refractivity contribution in [1.82, 2.24) is 19.9 Å². The van der Waals surface area contributed by atoms with E-state index in [2.05, 4.69) is 15.0 Å². The summed E-state index contributed by atoms with van der Waals surface area (Å²) in [5.41, 5.74) is 2.73. The van der Waals surface area contributed by atoms with E-state index >= 15 is 0 Å². The molecule has 7 heteroatoms. The van der Waals surface area contributed by atoms with Gasteiger partial charge in [0.25, 0.3) is 11.5 Å². The van der Waals surface area contributed by atoms with Gasteiger partial charge in [-0.1, -0.05) is 0 Å². The first-order valence-corrected chi connectivity index (χ1v) is 8.61. The van der Waals surface area contributed by atoms with E-state index in [0.717, 1.165) is 0 Å². The highest BCUT2D eigenvalue weighted by Crippen LogP contribution is 2.21. The van der Waals surface area contributed by atoms with Crippen molar-refractivity contribution < 1.29 is 9.18 Å². The highest BCUT2D eigenvalue weighted by molar-refractivity contribution is 5.95. The summed E-state index contributed by atoms with van der Waals surface area (Å²) >= 11 is 0. The molecule has 3 heterocycles. The topological polar surface area (TPSA) is 79.0 Å². The van der Waals surface area contributed by atoms with E-state index in [9.17, 15) is 14.0 Å². The van der Waals surface area contributed by atoms with Gasteiger partial charge in [0.05, 0.1) is 12.2 Å². The fraction of sp³-hybridized carbons (Fsp3) is 0.200. The van der Waals surface area contributed by atoms with Crippen LogP contribution in [0.3, 0.4) is 0 Å². The number of pyridine rings is 1. The molecule has 0 fully saturated rings. The number of carbonyl (C=O) groups excluding carboxylic acids is 1. The molecule has 1 aliphatic heterocycles. The van der Waals surface area contributed by atoms with Crippen molar-refractivity contribution in [1.29, 1.82) is 0 Å². The molecule has 0 saturated carbocycles. The average molecular weight is 364 g/mol. The molecule has 3 aromatic rings. The largest absolute Gasteiger partial charge is 0.332 e. The van der Waals surface area contributed by atoms with Gasteiger partial charge in [-0.2, -0.15) is 0 Å². The number of rotatable bonds is 2. The SMILES string of the molecule is Cc1cc(F)ccc1C(=O)N1CCc2c(nc(-c3cccnc3)[nH]c2=O)C1. The number of H-pyrrole nitrogens is 1. The number of halogens is 1. The van der Waals surface area contributed by atoms with Gasteiger partial charge in [-0.25, -0.2) is 9.37 Å². The molecule has 0 spiro atoms. The molecule has 1 N–H and O–H groups in total. The third kappa shape index (κ3) is 3.23. The van der Waals surface area contributed by atoms with Crippen LogP contribution in [0.5, 0.6) is 0 Å². The van der Waals surface area contributed by atoms with E-state index in [4.69, 9.17) is 0 Å². The summed E-state index contributed by atoms with van der Waals surface area (Å²) in [4.78, 5) is 38.3. The Morgan fingerprint density at radius 3 is 2.89 bits per heavy atom. The second-order valence-corrected chi connectivity index (χ2v) is 6.52. The summed E-state index contributed by atoms with van der Waals surface area (Å²) in [7, 11) is 0. The Bertz CT molecular complexity index is 1080. The fourth-order valence-corrected chi connectivity index (χ4v) is 3.29. The number of nitrogens with one attached hydrogen (secondary N) is 1. The number of nitrogens with zero attached hydrogens (tertiary/aromatic N) is 3. The monoisotopic (exact) mass is 364 g/mol. The molecule has 136 valence electrons. The molecule has 0 bridgehead atoms. The Kier molecular flexibility index (Phi) is 4.27. The number of amides is 1. The highest BCUT2D eigenvalue weighted by Gasteiger charge is 2.26. The maximum absolute atomic E-state index is 13.3. The van der Waals surface area contributed by atoms with Crippen LogP contribution in [0.25, 0.3) is 11.4 Å². The number of aromatic amines is 1. The normalized spacial score (nSPS) is 13.3. The van der Waals surface area contributed by atoms with E-state index in [1.54, 1.807) is 30.3 Å². The summed E-state index contributed by atoms with van der Waals surface area (Å²) < 4.78 is 13.3. The van der Waals surface area contributed by atoms with Gasteiger partial charge >= 0.3 is 0 Å². The molecule has 1 aliphatic rings. The van der Waals surface area contributed by atoms with Crippen LogP contribution in [0, 0.1) is 12.7 Å². The van der Waals surface area contributed by atoms with Crippen molar-refractivity contribution in [3.63, 3.8) is 0 Å². The van der Waals surface area contributed by atoms with Gasteiger partial charge in [-0.3, -0.25) is 14.6 Å². The maximum Gasteiger partial charge on any atom is 0.254 e. The Balaban J connectivity index is 1.67. The summed E-state index contributed by atoms with van der Waals surface area (Å²) in [5.74, 6) is -0.135. The van der Waals surface area contributed by atoms with E-state index in [1.165, 1.54) is 18.2 Å². The van der Waals surface area contributed by atoms with Crippen molar-refractivity contribution in [3.8, 4) is 11.4 Å². The number of aromatic nitrogens is 3. The zero-order valence-corrected chi connectivity index (χ0v) is 14.7. The van der Waals surface area contributed by atoms with Gasteiger partial charge in [-0.05, 0) is 49.2 Å². The van der Waals surface area contributed by atoms with Gasteiger partial charge in [-0.15, -0.1) is 0 Å². The Morgan fingerprint density at radius 1 is 1.30 bits per heavy atom. The first-order chi connectivity index (χ1) is 13.0. The number of hydrogen-bond donors (Lipinski definition) is 1. The standard InChI is InChI=1S/C20H17FN4O2/c1-12-9-14(21)4-5-15(12)20(27)25-8-6-16-17(11-25)23-18(24-19(16)26)13-3-2-7-22-10-13/h2-5,7,9-10H,6,8,11H2,1H3,(H,23,24,26). The molecule has 0 aliphatic carbocycles. The lowest BCUT2D eigenvalue weighted by Gasteiger charge is -2.28. The number of benzene rings is 1. The molecular weight excluding hydrogens is 347 g/mol. The summed E-state index contributed by atoms with van der Waals surface area (Å²) in [6.45, 7) is 2.36. The third-order valence-corrected chi connectivity index (χ3v) is 4.71. The highest BCUT2D eigenvalue weighted by atomic mass is 19.1. The second kappa shape index (κ2) is 6.75. The number of aryl methyl sites for hydroxylation is 1. The minimum Gasteiger partial charge on any atom is -0.332 e. The molecule has 0 radical (unpaired) electrons. The van der Waals surface area contributed by atoms with Crippen LogP contribution in [0.15, 0.2) is 47.5 Å². The first kappa shape index (κ1) is 17.1. The molecule has 0 saturated heterocycles. The molecule has 4 rings (SSSR count). The van der Waals surface area contributed by atoms with Crippen LogP contribution < -0.4 is 5.56 Å². The number of hydrogen-bond acceptors (Lipinski definition) is 4. The van der Waals surface area contributed by atoms with Crippen molar-refractivity contribution in [2.75, 3.05) is 6.54 Å². The summed E-state index contributed by atoms with van der Waals surface area (Å²) in [6.07, 6.45) is 3.70. The maximum atomic E-state index is 13.3. The Morgan fingerprint density at radius 2 is 2.15 bits per heavy atom. The lowest BCUT2D eigenvalue weighted by Crippen LogP contribution is -2.39. The fourth-order valence-electron chi connectivity index (χ4n) is 3.29. The van der Waals surface area contributed by atoms with Crippen molar-refractivity contribution in [2.24, 2.45) is 0 Å². The van der Waals surface area contributed by atoms with Crippen LogP contribution in [0.2, 0.25) is 0 Å². The quantitative estimate of drug-likeness (QED) is 0.758. The third-order valence-electron chi connectivity index (χ3n) is 4.71. The Labute approximate surface area is 154 Å². The van der Waals surface area contributed by atoms with Crippen LogP contribution in [-0.2, 0) is 13.0 Å². The van der Waals surface area contributed by atoms with Gasteiger partial charge in [0.15, 0.2) is 0 Å². The lowest BCUT2D eigenvalue weighted by atomic mass is 10.0. The zero-order chi connectivity index (χ0) is 19.0.